The summed E-state index contributed by atoms with van der Waals surface area (Å²) >= 11 is 0. The second kappa shape index (κ2) is 11.0. The standard InChI is InChI=1S/C29H40N8O2/c1-19(2)35-9-11-36(12-10-35)23-13-21(15-30-17-23)24-18-37(34-33-24)25-14-22(16-31-20(25)3)32-28(38)26-7-8-27(39-26)29(4,5)6/h7-8,14,16-17,19,23H,9-13,15,18H2,1-6H3,(H,32,38)/b24-21-. The van der Waals surface area contributed by atoms with Crippen LogP contribution in [0.25, 0.3) is 0 Å². The number of hydrogen-bond acceptors (Lipinski definition) is 9. The van der Waals surface area contributed by atoms with Gasteiger partial charge < -0.3 is 9.73 Å². The second-order valence-electron chi connectivity index (χ2n) is 11.9. The number of pyridine rings is 1. The molecule has 10 nitrogen and oxygen atoms in total. The number of piperazine rings is 1. The number of carbonyl (C=O) groups is 1. The molecule has 1 amide bonds. The summed E-state index contributed by atoms with van der Waals surface area (Å²) in [5, 5.41) is 13.7. The predicted octanol–water partition coefficient (Wildman–Crippen LogP) is 4.84. The van der Waals surface area contributed by atoms with Crippen LogP contribution in [0.15, 0.2) is 55.4 Å². The van der Waals surface area contributed by atoms with Crippen molar-refractivity contribution >= 4 is 23.5 Å². The molecule has 3 aliphatic heterocycles. The number of aryl methyl sites for hydroxylation is 1. The Kier molecular flexibility index (Phi) is 7.68. The Morgan fingerprint density at radius 2 is 1.92 bits per heavy atom. The first-order valence-corrected chi connectivity index (χ1v) is 13.8. The highest BCUT2D eigenvalue weighted by molar-refractivity contribution is 6.02. The molecule has 1 atom stereocenters. The fourth-order valence-electron chi connectivity index (χ4n) is 5.21. The SMILES string of the molecule is Cc1ncc(NC(=O)c2ccc(C(C)(C)C)o2)cc1N1C/C(=C2/CN=CC(N3CCN(C(C)C)CC3)C2)N=N1. The molecular weight excluding hydrogens is 492 g/mol. The molecule has 1 N–H and O–H groups in total. The van der Waals surface area contributed by atoms with Gasteiger partial charge in [-0.05, 0) is 51.0 Å². The number of rotatable bonds is 5. The van der Waals surface area contributed by atoms with Crippen LogP contribution in [-0.2, 0) is 5.41 Å². The fourth-order valence-corrected chi connectivity index (χ4v) is 5.21. The van der Waals surface area contributed by atoms with Crippen molar-refractivity contribution in [2.75, 3.05) is 49.6 Å². The normalized spacial score (nSPS) is 22.7. The van der Waals surface area contributed by atoms with Crippen LogP contribution < -0.4 is 10.3 Å². The molecule has 0 bridgehead atoms. The van der Waals surface area contributed by atoms with Gasteiger partial charge in [0.15, 0.2) is 5.76 Å². The van der Waals surface area contributed by atoms with Gasteiger partial charge in [-0.1, -0.05) is 26.0 Å². The zero-order valence-corrected chi connectivity index (χ0v) is 23.9. The molecule has 5 rings (SSSR count). The van der Waals surface area contributed by atoms with E-state index in [0.717, 1.165) is 55.4 Å². The van der Waals surface area contributed by atoms with E-state index in [-0.39, 0.29) is 17.1 Å². The van der Waals surface area contributed by atoms with Gasteiger partial charge in [0.05, 0.1) is 42.1 Å². The van der Waals surface area contributed by atoms with Crippen LogP contribution in [0.4, 0.5) is 11.4 Å². The van der Waals surface area contributed by atoms with E-state index in [1.54, 1.807) is 12.3 Å². The van der Waals surface area contributed by atoms with Crippen LogP contribution in [0.5, 0.6) is 0 Å². The highest BCUT2D eigenvalue weighted by Gasteiger charge is 2.29. The van der Waals surface area contributed by atoms with Crippen molar-refractivity contribution in [2.45, 2.75) is 65.5 Å². The molecule has 1 fully saturated rings. The van der Waals surface area contributed by atoms with Gasteiger partial charge in [-0.15, -0.1) is 5.11 Å². The van der Waals surface area contributed by atoms with Crippen LogP contribution in [0.2, 0.25) is 0 Å². The van der Waals surface area contributed by atoms with Gasteiger partial charge in [-0.2, -0.15) is 0 Å². The number of nitrogens with one attached hydrogen (secondary N) is 1. The lowest BCUT2D eigenvalue weighted by atomic mass is 9.94. The van der Waals surface area contributed by atoms with Crippen LogP contribution in [0, 0.1) is 6.92 Å². The molecule has 0 spiro atoms. The fraction of sp³-hybridized carbons (Fsp3) is 0.552. The van der Waals surface area contributed by atoms with Crippen molar-refractivity contribution < 1.29 is 9.21 Å². The third kappa shape index (κ3) is 6.12. The number of aromatic nitrogens is 1. The second-order valence-corrected chi connectivity index (χ2v) is 11.9. The van der Waals surface area contributed by atoms with E-state index in [9.17, 15) is 4.79 Å². The lowest BCUT2D eigenvalue weighted by molar-refractivity contribution is 0.0963. The molecule has 0 aromatic carbocycles. The third-order valence-electron chi connectivity index (χ3n) is 7.71. The topological polar surface area (TPSA) is 102 Å². The van der Waals surface area contributed by atoms with Gasteiger partial charge in [0.25, 0.3) is 5.91 Å². The largest absolute Gasteiger partial charge is 0.455 e. The zero-order chi connectivity index (χ0) is 27.7. The van der Waals surface area contributed by atoms with Crippen molar-refractivity contribution in [3.05, 3.63) is 52.9 Å². The highest BCUT2D eigenvalue weighted by atomic mass is 16.4. The van der Waals surface area contributed by atoms with E-state index in [1.807, 2.05) is 44.8 Å². The number of furan rings is 1. The lowest BCUT2D eigenvalue weighted by Gasteiger charge is -2.40. The van der Waals surface area contributed by atoms with Crippen LogP contribution in [0.3, 0.4) is 0 Å². The van der Waals surface area contributed by atoms with Crippen molar-refractivity contribution in [1.82, 2.24) is 14.8 Å². The number of amides is 1. The number of hydrogen-bond donors (Lipinski definition) is 1. The van der Waals surface area contributed by atoms with E-state index in [0.29, 0.717) is 30.9 Å². The van der Waals surface area contributed by atoms with Gasteiger partial charge in [-0.25, -0.2) is 5.01 Å². The summed E-state index contributed by atoms with van der Waals surface area (Å²) in [4.78, 5) is 27.1. The summed E-state index contributed by atoms with van der Waals surface area (Å²) in [6.45, 7) is 18.1. The molecular formula is C29H40N8O2. The van der Waals surface area contributed by atoms with E-state index in [2.05, 4.69) is 50.5 Å². The van der Waals surface area contributed by atoms with Crippen LogP contribution in [-0.4, -0.2) is 78.3 Å². The molecule has 0 radical (unpaired) electrons. The Balaban J connectivity index is 1.24. The van der Waals surface area contributed by atoms with Gasteiger partial charge in [-0.3, -0.25) is 24.6 Å². The van der Waals surface area contributed by atoms with Crippen molar-refractivity contribution in [3.63, 3.8) is 0 Å². The molecule has 10 heteroatoms. The molecule has 39 heavy (non-hydrogen) atoms. The Labute approximate surface area is 230 Å². The van der Waals surface area contributed by atoms with E-state index in [4.69, 9.17) is 9.41 Å². The van der Waals surface area contributed by atoms with E-state index in [1.165, 1.54) is 5.57 Å². The molecule has 3 aliphatic rings. The first-order chi connectivity index (χ1) is 18.6. The summed E-state index contributed by atoms with van der Waals surface area (Å²) in [7, 11) is 0. The maximum Gasteiger partial charge on any atom is 0.291 e. The zero-order valence-electron chi connectivity index (χ0n) is 23.9. The summed E-state index contributed by atoms with van der Waals surface area (Å²) < 4.78 is 5.79. The smallest absolute Gasteiger partial charge is 0.291 e. The first-order valence-electron chi connectivity index (χ1n) is 13.8. The average Bonchev–Trinajstić information content (AvgIpc) is 3.61. The predicted molar refractivity (Wildman–Crippen MR) is 154 cm³/mol. The van der Waals surface area contributed by atoms with Crippen LogP contribution >= 0.6 is 0 Å². The third-order valence-corrected chi connectivity index (χ3v) is 7.71. The Hall–Kier alpha value is -3.37. The van der Waals surface area contributed by atoms with Crippen molar-refractivity contribution in [2.24, 2.45) is 15.3 Å². The monoisotopic (exact) mass is 532 g/mol. The van der Waals surface area contributed by atoms with Gasteiger partial charge in [0.1, 0.15) is 5.76 Å². The van der Waals surface area contributed by atoms with Crippen molar-refractivity contribution in [3.8, 4) is 0 Å². The van der Waals surface area contributed by atoms with Crippen molar-refractivity contribution in [1.29, 1.82) is 0 Å². The Morgan fingerprint density at radius 3 is 2.62 bits per heavy atom. The molecule has 208 valence electrons. The first kappa shape index (κ1) is 27.2. The molecule has 2 aromatic heterocycles. The van der Waals surface area contributed by atoms with Crippen LogP contribution in [0.1, 0.15) is 63.0 Å². The summed E-state index contributed by atoms with van der Waals surface area (Å²) in [6.07, 6.45) is 4.69. The quantitative estimate of drug-likeness (QED) is 0.591. The maximum atomic E-state index is 12.8. The summed E-state index contributed by atoms with van der Waals surface area (Å²) in [5.74, 6) is 0.724. The Morgan fingerprint density at radius 1 is 1.15 bits per heavy atom. The minimum atomic E-state index is -0.312. The summed E-state index contributed by atoms with van der Waals surface area (Å²) in [5.41, 5.74) is 4.24. The Bertz CT molecular complexity index is 1290. The minimum absolute atomic E-state index is 0.170. The molecule has 1 unspecified atom stereocenters. The molecule has 5 heterocycles. The van der Waals surface area contributed by atoms with E-state index >= 15 is 0 Å². The maximum absolute atomic E-state index is 12.8. The average molecular weight is 533 g/mol. The number of nitrogens with zero attached hydrogens (tertiary/aromatic N) is 7. The van der Waals surface area contributed by atoms with Gasteiger partial charge >= 0.3 is 0 Å². The molecule has 0 saturated carbocycles. The van der Waals surface area contributed by atoms with E-state index < -0.39 is 0 Å². The molecule has 2 aromatic rings. The van der Waals surface area contributed by atoms with Gasteiger partial charge in [0, 0.05) is 49.9 Å². The number of carbonyl (C=O) groups excluding carboxylic acids is 1. The van der Waals surface area contributed by atoms with Gasteiger partial charge in [0.2, 0.25) is 0 Å². The number of aliphatic imine (C=N–C) groups is 1. The highest BCUT2D eigenvalue weighted by Crippen LogP contribution is 2.31. The minimum Gasteiger partial charge on any atom is -0.455 e. The lowest BCUT2D eigenvalue weighted by Crippen LogP contribution is -2.53. The molecule has 1 saturated heterocycles. The molecule has 0 aliphatic carbocycles. The summed E-state index contributed by atoms with van der Waals surface area (Å²) in [6, 6.07) is 6.33. The number of anilines is 2.